The molecular formula is C20H23ClF3N7O. The van der Waals surface area contributed by atoms with E-state index >= 15 is 0 Å². The Balaban J connectivity index is 1.37. The molecule has 1 aliphatic heterocycles. The summed E-state index contributed by atoms with van der Waals surface area (Å²) in [5.74, 6) is -0.882. The van der Waals surface area contributed by atoms with Crippen LogP contribution < -0.4 is 10.6 Å². The second-order valence-electron chi connectivity index (χ2n) is 8.22. The summed E-state index contributed by atoms with van der Waals surface area (Å²) in [6.07, 6.45) is 6.83. The van der Waals surface area contributed by atoms with Gasteiger partial charge in [-0.1, -0.05) is 23.8 Å². The molecular weight excluding hydrogens is 447 g/mol. The zero-order valence-corrected chi connectivity index (χ0v) is 18.1. The van der Waals surface area contributed by atoms with Crippen molar-refractivity contribution < 1.29 is 18.0 Å². The molecule has 2 aromatic rings. The minimum atomic E-state index is -4.82. The van der Waals surface area contributed by atoms with Gasteiger partial charge in [-0.05, 0) is 31.1 Å². The number of piperidine rings is 1. The van der Waals surface area contributed by atoms with E-state index in [1.165, 1.54) is 6.20 Å². The lowest BCUT2D eigenvalue weighted by atomic mass is 9.71. The third-order valence-corrected chi connectivity index (χ3v) is 6.23. The third-order valence-electron chi connectivity index (χ3n) is 5.95. The van der Waals surface area contributed by atoms with Crippen molar-refractivity contribution in [1.29, 1.82) is 0 Å². The van der Waals surface area contributed by atoms with Gasteiger partial charge >= 0.3 is 12.1 Å². The van der Waals surface area contributed by atoms with Gasteiger partial charge in [0.2, 0.25) is 5.95 Å². The van der Waals surface area contributed by atoms with E-state index in [0.717, 1.165) is 23.4 Å². The maximum atomic E-state index is 12.7. The molecule has 1 unspecified atom stereocenters. The number of amides is 1. The highest BCUT2D eigenvalue weighted by Crippen LogP contribution is 2.42. The van der Waals surface area contributed by atoms with Gasteiger partial charge in [0, 0.05) is 32.4 Å². The number of carbonyl (C=O) groups excluding carboxylic acids is 1. The quantitative estimate of drug-likeness (QED) is 0.660. The van der Waals surface area contributed by atoms with Crippen LogP contribution in [0.3, 0.4) is 0 Å². The summed E-state index contributed by atoms with van der Waals surface area (Å²) in [5, 5.41) is 10.8. The van der Waals surface area contributed by atoms with Crippen molar-refractivity contribution in [3.8, 4) is 0 Å². The molecule has 172 valence electrons. The molecule has 12 heteroatoms. The molecule has 1 spiro atoms. The number of aryl methyl sites for hydroxylation is 1. The first kappa shape index (κ1) is 22.4. The largest absolute Gasteiger partial charge is 0.471 e. The number of carbonyl (C=O) groups is 1. The first-order valence-corrected chi connectivity index (χ1v) is 10.6. The maximum Gasteiger partial charge on any atom is 0.471 e. The first-order valence-electron chi connectivity index (χ1n) is 10.2. The number of halogens is 4. The van der Waals surface area contributed by atoms with Crippen LogP contribution >= 0.6 is 11.6 Å². The number of allylic oxidation sites excluding steroid dienone is 1. The predicted octanol–water partition coefficient (Wildman–Crippen LogP) is 3.91. The number of likely N-dealkylation sites (tertiary alicyclic amines) is 1. The van der Waals surface area contributed by atoms with Crippen LogP contribution in [-0.4, -0.2) is 55.9 Å². The summed E-state index contributed by atoms with van der Waals surface area (Å²) in [6, 6.07) is -0.0193. The number of alkyl halides is 3. The van der Waals surface area contributed by atoms with Gasteiger partial charge in [-0.2, -0.15) is 23.3 Å². The average molecular weight is 470 g/mol. The van der Waals surface area contributed by atoms with E-state index < -0.39 is 12.1 Å². The Morgan fingerprint density at radius 3 is 2.59 bits per heavy atom. The molecule has 8 nitrogen and oxygen atoms in total. The minimum Gasteiger partial charge on any atom is -0.362 e. The van der Waals surface area contributed by atoms with Gasteiger partial charge in [0.1, 0.15) is 5.02 Å². The van der Waals surface area contributed by atoms with Gasteiger partial charge in [0.25, 0.3) is 0 Å². The Morgan fingerprint density at radius 1 is 1.25 bits per heavy atom. The van der Waals surface area contributed by atoms with Gasteiger partial charge in [-0.3, -0.25) is 9.48 Å². The van der Waals surface area contributed by atoms with E-state index in [-0.39, 0.29) is 24.5 Å². The number of aromatic nitrogens is 4. The zero-order chi connectivity index (χ0) is 22.9. The lowest BCUT2D eigenvalue weighted by Gasteiger charge is -2.43. The monoisotopic (exact) mass is 469 g/mol. The lowest BCUT2D eigenvalue weighted by Crippen LogP contribution is -2.48. The van der Waals surface area contributed by atoms with Crippen LogP contribution in [0.15, 0.2) is 30.7 Å². The van der Waals surface area contributed by atoms with Crippen molar-refractivity contribution in [3.63, 3.8) is 0 Å². The molecule has 2 aliphatic rings. The second-order valence-corrected chi connectivity index (χ2v) is 8.63. The fraction of sp³-hybridized carbons (Fsp3) is 0.500. The molecule has 2 aromatic heterocycles. The smallest absolute Gasteiger partial charge is 0.362 e. The van der Waals surface area contributed by atoms with Crippen LogP contribution in [0.1, 0.15) is 25.7 Å². The number of nitrogens with zero attached hydrogens (tertiary/aromatic N) is 5. The van der Waals surface area contributed by atoms with E-state index in [4.69, 9.17) is 11.6 Å². The Labute approximate surface area is 187 Å². The average Bonchev–Trinajstić information content (AvgIpc) is 3.16. The van der Waals surface area contributed by atoms with Crippen molar-refractivity contribution in [3.05, 3.63) is 35.8 Å². The van der Waals surface area contributed by atoms with Crippen LogP contribution in [0, 0.1) is 5.41 Å². The molecule has 32 heavy (non-hydrogen) atoms. The van der Waals surface area contributed by atoms with E-state index in [1.807, 2.05) is 6.08 Å². The topological polar surface area (TPSA) is 88.0 Å². The summed E-state index contributed by atoms with van der Waals surface area (Å²) in [7, 11) is 1.81. The molecule has 4 rings (SSSR count). The number of hydrogen-bond donors (Lipinski definition) is 2. The van der Waals surface area contributed by atoms with Gasteiger partial charge in [-0.25, -0.2) is 4.98 Å². The van der Waals surface area contributed by atoms with Crippen LogP contribution in [0.4, 0.5) is 30.6 Å². The van der Waals surface area contributed by atoms with Crippen molar-refractivity contribution in [2.45, 2.75) is 37.9 Å². The highest BCUT2D eigenvalue weighted by Gasteiger charge is 2.45. The molecule has 2 N–H and O–H groups in total. The highest BCUT2D eigenvalue weighted by atomic mass is 35.5. The van der Waals surface area contributed by atoms with E-state index in [9.17, 15) is 18.0 Å². The zero-order valence-electron chi connectivity index (χ0n) is 17.4. The van der Waals surface area contributed by atoms with Gasteiger partial charge in [-0.15, -0.1) is 0 Å². The van der Waals surface area contributed by atoms with Crippen molar-refractivity contribution in [2.24, 2.45) is 12.5 Å². The van der Waals surface area contributed by atoms with Gasteiger partial charge in [0.05, 0.1) is 18.1 Å². The molecule has 1 atom stereocenters. The maximum absolute atomic E-state index is 12.7. The Hall–Kier alpha value is -2.82. The Kier molecular flexibility index (Phi) is 6.02. The van der Waals surface area contributed by atoms with E-state index in [1.54, 1.807) is 24.1 Å². The molecule has 1 aliphatic carbocycles. The van der Waals surface area contributed by atoms with Crippen molar-refractivity contribution in [2.75, 3.05) is 23.7 Å². The SMILES string of the molecule is Cn1cc(Nc2ncc(Cl)c(NC3C=CC4(CC3)CCN(C(=O)C(F)(F)F)CC4)n2)cn1. The number of nitrogens with one attached hydrogen (secondary N) is 2. The normalized spacial score (nSPS) is 20.4. The molecule has 3 heterocycles. The van der Waals surface area contributed by atoms with Crippen LogP contribution in [-0.2, 0) is 11.8 Å². The van der Waals surface area contributed by atoms with Crippen LogP contribution in [0.2, 0.25) is 5.02 Å². The highest BCUT2D eigenvalue weighted by molar-refractivity contribution is 6.32. The first-order chi connectivity index (χ1) is 15.1. The summed E-state index contributed by atoms with van der Waals surface area (Å²) in [4.78, 5) is 21.0. The summed E-state index contributed by atoms with van der Waals surface area (Å²) in [5.41, 5.74) is 0.568. The molecule has 1 amide bonds. The molecule has 0 radical (unpaired) electrons. The standard InChI is InChI=1S/C20H23ClF3N7O/c1-30-12-14(10-26-30)28-18-25-11-15(21)16(29-18)27-13-2-4-19(5-3-13)6-8-31(9-7-19)17(32)20(22,23)24/h2,4,10-13H,3,5-9H2,1H3,(H2,25,27,28,29). The minimum absolute atomic E-state index is 0.0193. The fourth-order valence-electron chi connectivity index (χ4n) is 4.13. The number of hydrogen-bond acceptors (Lipinski definition) is 6. The van der Waals surface area contributed by atoms with Gasteiger partial charge < -0.3 is 15.5 Å². The van der Waals surface area contributed by atoms with E-state index in [2.05, 4.69) is 31.8 Å². The van der Waals surface area contributed by atoms with Crippen molar-refractivity contribution in [1.82, 2.24) is 24.6 Å². The van der Waals surface area contributed by atoms with Crippen LogP contribution in [0.25, 0.3) is 0 Å². The number of rotatable bonds is 4. The summed E-state index contributed by atoms with van der Waals surface area (Å²) >= 11 is 6.26. The second kappa shape index (κ2) is 8.61. The molecule has 0 aromatic carbocycles. The van der Waals surface area contributed by atoms with Crippen LogP contribution in [0.5, 0.6) is 0 Å². The Morgan fingerprint density at radius 2 is 2.00 bits per heavy atom. The number of anilines is 3. The van der Waals surface area contributed by atoms with Gasteiger partial charge in [0.15, 0.2) is 5.82 Å². The van der Waals surface area contributed by atoms with E-state index in [0.29, 0.717) is 29.6 Å². The third kappa shape index (κ3) is 4.98. The Bertz CT molecular complexity index is 1010. The molecule has 0 bridgehead atoms. The molecule has 1 saturated heterocycles. The summed E-state index contributed by atoms with van der Waals surface area (Å²) in [6.45, 7) is 0.226. The predicted molar refractivity (Wildman–Crippen MR) is 114 cm³/mol. The van der Waals surface area contributed by atoms with Crippen molar-refractivity contribution >= 4 is 35.0 Å². The molecule has 0 saturated carbocycles. The molecule has 1 fully saturated rings. The fourth-order valence-corrected chi connectivity index (χ4v) is 4.28. The lowest BCUT2D eigenvalue weighted by molar-refractivity contribution is -0.187. The summed E-state index contributed by atoms with van der Waals surface area (Å²) < 4.78 is 39.7.